The molecule has 3 aliphatic rings. The van der Waals surface area contributed by atoms with Gasteiger partial charge in [0.2, 0.25) is 12.1 Å². The van der Waals surface area contributed by atoms with Gasteiger partial charge in [-0.1, -0.05) is 12.1 Å². The number of hydrogen-bond donors (Lipinski definition) is 7. The number of aromatic amines is 1. The Hall–Kier alpha value is -5.59. The average Bonchev–Trinajstić information content (AvgIpc) is 3.83. The quantitative estimate of drug-likeness (QED) is 0.0494. The number of benzene rings is 2. The molecule has 0 amide bonds. The number of aliphatic hydroxyl groups is 3. The van der Waals surface area contributed by atoms with Gasteiger partial charge in [-0.2, -0.15) is 0 Å². The SMILES string of the molecule is COc1cccc2c1C(=O)c1c(O)c3c(c(O)c1C2=O)C[C@@](O)(C(=O)CO)C[C@@H]3O[C@H]1C[C@H](N)[C@H](O)[C@H](C)O1.Cl.Cn1cnc([N+](=O)[O-])c1Sc1ncnc2nc[nH]c12. The minimum atomic E-state index is -2.24. The summed E-state index contributed by atoms with van der Waals surface area (Å²) < 4.78 is 18.6. The zero-order valence-corrected chi connectivity index (χ0v) is 32.9. The number of aromatic nitrogens is 6. The van der Waals surface area contributed by atoms with Crippen molar-refractivity contribution in [1.82, 2.24) is 29.5 Å². The molecule has 0 bridgehead atoms. The van der Waals surface area contributed by atoms with E-state index >= 15 is 0 Å². The molecule has 5 aromatic rings. The van der Waals surface area contributed by atoms with E-state index in [1.807, 2.05) is 0 Å². The van der Waals surface area contributed by atoms with E-state index in [-0.39, 0.29) is 52.6 Å². The maximum atomic E-state index is 13.6. The number of ether oxygens (including phenoxy) is 3. The summed E-state index contributed by atoms with van der Waals surface area (Å²) >= 11 is 1.15. The number of fused-ring (bicyclic) bond motifs is 4. The molecule has 6 atom stereocenters. The molecule has 8 rings (SSSR count). The molecular weight excluding hydrogens is 820 g/mol. The molecule has 2 aliphatic carbocycles. The van der Waals surface area contributed by atoms with E-state index in [2.05, 4.69) is 24.9 Å². The Kier molecular flexibility index (Phi) is 12.1. The summed E-state index contributed by atoms with van der Waals surface area (Å²) in [4.78, 5) is 68.9. The molecule has 3 aromatic heterocycles. The first-order chi connectivity index (χ1) is 27.6. The van der Waals surface area contributed by atoms with Gasteiger partial charge in [0.1, 0.15) is 46.3 Å². The number of aromatic hydroxyl groups is 2. The van der Waals surface area contributed by atoms with Crippen LogP contribution in [0.25, 0.3) is 11.2 Å². The fourth-order valence-corrected chi connectivity index (χ4v) is 8.26. The van der Waals surface area contributed by atoms with Crippen LogP contribution in [0.1, 0.15) is 68.8 Å². The Labute approximate surface area is 343 Å². The second kappa shape index (κ2) is 16.6. The van der Waals surface area contributed by atoms with Crippen molar-refractivity contribution in [2.75, 3.05) is 13.7 Å². The molecule has 0 radical (unpaired) electrons. The standard InChI is InChI=1S/C27H29NO11.C9H7N7O2S.ClH/c1-10-22(31)13(28)6-17(38-10)39-15-8-27(36,16(30)9-29)7-12-19(15)26(35)21-20(24(12)33)23(32)11-4-3-5-14(37-2)18(11)25(21)34;1-15-4-14-7(16(17)18)9(15)19-8-5-6(11-2-10-5)12-3-13-8;/h3-5,10,13,15,17,22,29,31,33,35-36H,6-9,28H2,1-2H3;2-4H,1H3,(H,10,11,12,13);1H/t10-,13-,15-,17-,22+,27-;;/m0../s1. The monoisotopic (exact) mass is 856 g/mol. The van der Waals surface area contributed by atoms with Gasteiger partial charge in [0.05, 0.1) is 48.4 Å². The lowest BCUT2D eigenvalue weighted by molar-refractivity contribution is -0.392. The third-order valence-corrected chi connectivity index (χ3v) is 11.4. The molecule has 0 spiro atoms. The number of aliphatic hydroxyl groups excluding tert-OH is 2. The number of nitrogens with one attached hydrogen (secondary N) is 1. The number of nitrogens with zero attached hydrogens (tertiary/aromatic N) is 6. The molecule has 0 unspecified atom stereocenters. The predicted octanol–water partition coefficient (Wildman–Crippen LogP) is 1.57. The number of H-pyrrole nitrogens is 1. The largest absolute Gasteiger partial charge is 0.507 e. The van der Waals surface area contributed by atoms with Crippen molar-refractivity contribution < 1.29 is 59.1 Å². The van der Waals surface area contributed by atoms with E-state index in [4.69, 9.17) is 19.9 Å². The van der Waals surface area contributed by atoms with E-state index in [0.29, 0.717) is 21.2 Å². The number of phenolic OH excluding ortho intramolecular Hbond substituents is 2. The summed E-state index contributed by atoms with van der Waals surface area (Å²) in [5, 5.41) is 65.6. The van der Waals surface area contributed by atoms with Gasteiger partial charge in [-0.05, 0) is 34.7 Å². The van der Waals surface area contributed by atoms with Gasteiger partial charge in [0.15, 0.2) is 28.5 Å². The first kappa shape index (κ1) is 43.0. The zero-order valence-electron chi connectivity index (χ0n) is 31.3. The highest BCUT2D eigenvalue weighted by Gasteiger charge is 2.50. The Morgan fingerprint density at radius 1 is 1.15 bits per heavy atom. The molecule has 1 aliphatic heterocycles. The number of phenols is 2. The Morgan fingerprint density at radius 3 is 2.56 bits per heavy atom. The van der Waals surface area contributed by atoms with Crippen molar-refractivity contribution in [3.05, 3.63) is 80.7 Å². The van der Waals surface area contributed by atoms with Crippen LogP contribution in [-0.2, 0) is 27.7 Å². The number of rotatable bonds is 8. The Balaban J connectivity index is 0.000000245. The van der Waals surface area contributed by atoms with Crippen molar-refractivity contribution in [3.63, 3.8) is 0 Å². The van der Waals surface area contributed by atoms with Crippen LogP contribution in [0.2, 0.25) is 0 Å². The van der Waals surface area contributed by atoms with E-state index in [1.54, 1.807) is 18.5 Å². The lowest BCUT2D eigenvalue weighted by Gasteiger charge is -2.42. The number of Topliss-reactive ketones (excluding diaryl/α,β-unsaturated/α-hetero) is 1. The Morgan fingerprint density at radius 2 is 1.88 bits per heavy atom. The molecule has 1 fully saturated rings. The van der Waals surface area contributed by atoms with Crippen LogP contribution in [0.5, 0.6) is 17.2 Å². The minimum absolute atomic E-state index is 0. The molecule has 0 saturated carbocycles. The fourth-order valence-electron chi connectivity index (χ4n) is 7.31. The third kappa shape index (κ3) is 7.48. The molecule has 21 nitrogen and oxygen atoms in total. The molecular formula is C36H37ClN8O13S. The van der Waals surface area contributed by atoms with E-state index in [1.165, 1.54) is 44.3 Å². The van der Waals surface area contributed by atoms with Gasteiger partial charge >= 0.3 is 5.82 Å². The number of nitro groups is 1. The number of nitrogens with two attached hydrogens (primary N) is 1. The van der Waals surface area contributed by atoms with Crippen molar-refractivity contribution in [1.29, 1.82) is 0 Å². The number of hydrogen-bond acceptors (Lipinski definition) is 19. The van der Waals surface area contributed by atoms with Gasteiger partial charge in [-0.3, -0.25) is 14.4 Å². The van der Waals surface area contributed by atoms with Crippen molar-refractivity contribution in [2.24, 2.45) is 12.8 Å². The van der Waals surface area contributed by atoms with Crippen LogP contribution >= 0.6 is 24.2 Å². The first-order valence-corrected chi connectivity index (χ1v) is 18.4. The Bertz CT molecular complexity index is 2490. The lowest BCUT2D eigenvalue weighted by Crippen LogP contribution is -2.53. The van der Waals surface area contributed by atoms with Crippen LogP contribution < -0.4 is 10.5 Å². The highest BCUT2D eigenvalue weighted by molar-refractivity contribution is 7.99. The molecule has 4 heterocycles. The molecule has 8 N–H and O–H groups in total. The van der Waals surface area contributed by atoms with Crippen LogP contribution in [0.3, 0.4) is 0 Å². The number of imidazole rings is 2. The van der Waals surface area contributed by atoms with Crippen LogP contribution in [-0.4, -0.2) is 121 Å². The van der Waals surface area contributed by atoms with Crippen LogP contribution in [0.4, 0.5) is 5.82 Å². The number of ketones is 3. The third-order valence-electron chi connectivity index (χ3n) is 10.2. The summed E-state index contributed by atoms with van der Waals surface area (Å²) in [5.41, 5.74) is 3.53. The second-order valence-corrected chi connectivity index (χ2v) is 14.8. The van der Waals surface area contributed by atoms with E-state index in [0.717, 1.165) is 11.8 Å². The normalized spacial score (nSPS) is 23.3. The van der Waals surface area contributed by atoms with Gasteiger partial charge in [0.25, 0.3) is 0 Å². The highest BCUT2D eigenvalue weighted by atomic mass is 35.5. The molecule has 312 valence electrons. The zero-order chi connectivity index (χ0) is 41.8. The van der Waals surface area contributed by atoms with Crippen molar-refractivity contribution in [3.8, 4) is 17.2 Å². The van der Waals surface area contributed by atoms with Crippen LogP contribution in [0, 0.1) is 10.1 Å². The summed E-state index contributed by atoms with van der Waals surface area (Å²) in [7, 11) is 3.01. The second-order valence-electron chi connectivity index (χ2n) is 13.8. The smallest absolute Gasteiger partial charge is 0.396 e. The number of halogens is 1. The lowest BCUT2D eigenvalue weighted by atomic mass is 9.72. The molecule has 2 aromatic carbocycles. The van der Waals surface area contributed by atoms with E-state index < -0.39 is 101 Å². The number of methoxy groups -OCH3 is 1. The number of aryl methyl sites for hydroxylation is 1. The molecule has 59 heavy (non-hydrogen) atoms. The van der Waals surface area contributed by atoms with Crippen LogP contribution in [0.15, 0.2) is 47.2 Å². The summed E-state index contributed by atoms with van der Waals surface area (Å²) in [6.45, 7) is 0.560. The number of carbonyl (C=O) groups excluding carboxylic acids is 3. The van der Waals surface area contributed by atoms with E-state index in [9.17, 15) is 50.0 Å². The van der Waals surface area contributed by atoms with Gasteiger partial charge in [-0.25, -0.2) is 15.0 Å². The predicted molar refractivity (Wildman–Crippen MR) is 205 cm³/mol. The van der Waals surface area contributed by atoms with Crippen molar-refractivity contribution >= 4 is 58.5 Å². The summed E-state index contributed by atoms with van der Waals surface area (Å²) in [6.07, 6.45) is -0.858. The number of carbonyl (C=O) groups is 3. The summed E-state index contributed by atoms with van der Waals surface area (Å²) in [6, 6.07) is 3.64. The van der Waals surface area contributed by atoms with Gasteiger partial charge in [-0.15, -0.1) is 12.4 Å². The fraction of sp³-hybridized carbons (Fsp3) is 0.361. The molecule has 1 saturated heterocycles. The van der Waals surface area contributed by atoms with Crippen molar-refractivity contribution in [2.45, 2.75) is 72.5 Å². The highest BCUT2D eigenvalue weighted by Crippen LogP contribution is 2.52. The summed E-state index contributed by atoms with van der Waals surface area (Å²) in [5.74, 6) is -3.97. The topological polar surface area (TPSA) is 321 Å². The van der Waals surface area contributed by atoms with Gasteiger partial charge in [0, 0.05) is 49.0 Å². The maximum Gasteiger partial charge on any atom is 0.396 e. The maximum absolute atomic E-state index is 13.6. The molecule has 23 heteroatoms. The van der Waals surface area contributed by atoms with Gasteiger partial charge < -0.3 is 65.1 Å². The average molecular weight is 857 g/mol. The first-order valence-electron chi connectivity index (χ1n) is 17.6. The minimum Gasteiger partial charge on any atom is -0.507 e.